The van der Waals surface area contributed by atoms with Gasteiger partial charge in [-0.25, -0.2) is 4.68 Å². The Morgan fingerprint density at radius 2 is 1.92 bits per heavy atom. The predicted molar refractivity (Wildman–Crippen MR) is 138 cm³/mol. The molecule has 0 aliphatic rings. The average Bonchev–Trinajstić information content (AvgIpc) is 3.57. The number of H-pyrrole nitrogens is 1. The van der Waals surface area contributed by atoms with Crippen LogP contribution in [0.4, 0.5) is 0 Å². The molecule has 0 aliphatic heterocycles. The zero-order chi connectivity index (χ0) is 24.9. The summed E-state index contributed by atoms with van der Waals surface area (Å²) in [5.41, 5.74) is 3.83. The molecule has 1 N–H and O–H groups in total. The summed E-state index contributed by atoms with van der Waals surface area (Å²) in [7, 11) is 0. The Kier molecular flexibility index (Phi) is 7.04. The number of benzene rings is 2. The molecule has 1 atom stereocenters. The lowest BCUT2D eigenvalue weighted by atomic mass is 10.1. The van der Waals surface area contributed by atoms with Gasteiger partial charge in [-0.05, 0) is 71.5 Å². The molecule has 5 aromatic rings. The molecule has 0 saturated carbocycles. The summed E-state index contributed by atoms with van der Waals surface area (Å²) < 4.78 is 7.56. The molecule has 8 heteroatoms. The molecule has 8 nitrogen and oxygen atoms in total. The maximum Gasteiger partial charge on any atom is 0.252 e. The SMILES string of the molecule is CC[C@H](c1nnnn1CCc1ccccc1)N(Cc1ccco1)Cc1cc2cc(C)ccc2[nH]c1=O. The molecule has 3 heterocycles. The zero-order valence-electron chi connectivity index (χ0n) is 20.6. The Morgan fingerprint density at radius 3 is 2.69 bits per heavy atom. The highest BCUT2D eigenvalue weighted by Gasteiger charge is 2.26. The van der Waals surface area contributed by atoms with Crippen molar-refractivity contribution in [2.24, 2.45) is 0 Å². The van der Waals surface area contributed by atoms with Crippen LogP contribution in [0.3, 0.4) is 0 Å². The molecule has 2 aromatic carbocycles. The number of pyridine rings is 1. The number of nitrogens with one attached hydrogen (secondary N) is 1. The van der Waals surface area contributed by atoms with Crippen LogP contribution >= 0.6 is 0 Å². The molecule has 0 saturated heterocycles. The molecule has 5 rings (SSSR count). The highest BCUT2D eigenvalue weighted by molar-refractivity contribution is 5.79. The first-order valence-electron chi connectivity index (χ1n) is 12.3. The average molecular weight is 483 g/mol. The van der Waals surface area contributed by atoms with E-state index in [0.29, 0.717) is 25.2 Å². The van der Waals surface area contributed by atoms with Crippen LogP contribution in [0.2, 0.25) is 0 Å². The van der Waals surface area contributed by atoms with E-state index in [1.165, 1.54) is 5.56 Å². The Hall–Kier alpha value is -4.04. The molecule has 0 fully saturated rings. The number of aromatic amines is 1. The van der Waals surface area contributed by atoms with E-state index < -0.39 is 0 Å². The second kappa shape index (κ2) is 10.7. The largest absolute Gasteiger partial charge is 0.468 e. The second-order valence-electron chi connectivity index (χ2n) is 9.12. The van der Waals surface area contributed by atoms with Crippen LogP contribution < -0.4 is 5.56 Å². The minimum atomic E-state index is -0.103. The molecule has 184 valence electrons. The smallest absolute Gasteiger partial charge is 0.252 e. The standard InChI is InChI=1S/C28H30N6O2/c1-3-26(27-30-31-32-34(27)14-13-21-8-5-4-6-9-21)33(19-24-10-7-15-36-24)18-23-17-22-16-20(2)11-12-25(22)29-28(23)35/h4-12,15-17,26H,3,13-14,18-19H2,1-2H3,(H,29,35)/t26-/m1/s1. The molecule has 0 aliphatic carbocycles. The van der Waals surface area contributed by atoms with Crippen LogP contribution in [0.1, 0.15) is 47.7 Å². The lowest BCUT2D eigenvalue weighted by Gasteiger charge is -2.29. The Balaban J connectivity index is 1.46. The fraction of sp³-hybridized carbons (Fsp3) is 0.286. The van der Waals surface area contributed by atoms with Crippen LogP contribution in [-0.4, -0.2) is 30.1 Å². The molecule has 0 radical (unpaired) electrons. The molecule has 0 unspecified atom stereocenters. The molecule has 0 spiro atoms. The van der Waals surface area contributed by atoms with Crippen molar-refractivity contribution >= 4 is 10.9 Å². The van der Waals surface area contributed by atoms with Crippen LogP contribution in [0, 0.1) is 6.92 Å². The molecule has 3 aromatic heterocycles. The minimum Gasteiger partial charge on any atom is -0.468 e. The van der Waals surface area contributed by atoms with E-state index in [1.807, 2.05) is 53.2 Å². The van der Waals surface area contributed by atoms with E-state index in [-0.39, 0.29) is 11.6 Å². The van der Waals surface area contributed by atoms with Crippen molar-refractivity contribution in [2.45, 2.75) is 52.4 Å². The number of nitrogens with zero attached hydrogens (tertiary/aromatic N) is 5. The number of fused-ring (bicyclic) bond motifs is 1. The summed E-state index contributed by atoms with van der Waals surface area (Å²) in [6.45, 7) is 5.80. The van der Waals surface area contributed by atoms with Crippen molar-refractivity contribution in [1.82, 2.24) is 30.1 Å². The van der Waals surface area contributed by atoms with Gasteiger partial charge in [-0.2, -0.15) is 0 Å². The number of aromatic nitrogens is 5. The fourth-order valence-electron chi connectivity index (χ4n) is 4.68. The number of furan rings is 1. The van der Waals surface area contributed by atoms with Gasteiger partial charge in [0.1, 0.15) is 5.76 Å². The predicted octanol–water partition coefficient (Wildman–Crippen LogP) is 4.81. The van der Waals surface area contributed by atoms with Crippen molar-refractivity contribution in [1.29, 1.82) is 0 Å². The van der Waals surface area contributed by atoms with Gasteiger partial charge in [0.25, 0.3) is 5.56 Å². The topological polar surface area (TPSA) is 92.8 Å². The van der Waals surface area contributed by atoms with Crippen LogP contribution in [-0.2, 0) is 26.1 Å². The van der Waals surface area contributed by atoms with Gasteiger partial charge in [-0.1, -0.05) is 48.9 Å². The first-order valence-corrected chi connectivity index (χ1v) is 12.3. The van der Waals surface area contributed by atoms with Gasteiger partial charge in [0.05, 0.1) is 18.8 Å². The van der Waals surface area contributed by atoms with Gasteiger partial charge >= 0.3 is 0 Å². The van der Waals surface area contributed by atoms with Gasteiger partial charge in [-0.3, -0.25) is 9.69 Å². The van der Waals surface area contributed by atoms with Crippen LogP contribution in [0.15, 0.2) is 82.2 Å². The molecule has 0 bridgehead atoms. The van der Waals surface area contributed by atoms with Crippen molar-refractivity contribution in [2.75, 3.05) is 0 Å². The Labute approximate surface area is 209 Å². The van der Waals surface area contributed by atoms with Gasteiger partial charge in [-0.15, -0.1) is 5.10 Å². The maximum absolute atomic E-state index is 13.0. The van der Waals surface area contributed by atoms with Crippen LogP contribution in [0.25, 0.3) is 10.9 Å². The van der Waals surface area contributed by atoms with Crippen molar-refractivity contribution in [3.8, 4) is 0 Å². The summed E-state index contributed by atoms with van der Waals surface area (Å²) in [6.07, 6.45) is 3.28. The number of aryl methyl sites for hydroxylation is 3. The molecule has 0 amide bonds. The number of hydrogen-bond acceptors (Lipinski definition) is 6. The van der Waals surface area contributed by atoms with E-state index in [1.54, 1.807) is 6.26 Å². The minimum absolute atomic E-state index is 0.0886. The number of hydrogen-bond donors (Lipinski definition) is 1. The summed E-state index contributed by atoms with van der Waals surface area (Å²) in [5, 5.41) is 13.7. The highest BCUT2D eigenvalue weighted by Crippen LogP contribution is 2.27. The van der Waals surface area contributed by atoms with Gasteiger partial charge in [0.2, 0.25) is 0 Å². The maximum atomic E-state index is 13.0. The molecule has 36 heavy (non-hydrogen) atoms. The van der Waals surface area contributed by atoms with E-state index in [0.717, 1.165) is 40.9 Å². The second-order valence-corrected chi connectivity index (χ2v) is 9.12. The van der Waals surface area contributed by atoms with Gasteiger partial charge < -0.3 is 9.40 Å². The number of tetrazole rings is 1. The normalized spacial score (nSPS) is 12.4. The summed E-state index contributed by atoms with van der Waals surface area (Å²) >= 11 is 0. The third-order valence-electron chi connectivity index (χ3n) is 6.53. The molecular formula is C28H30N6O2. The third kappa shape index (κ3) is 5.28. The van der Waals surface area contributed by atoms with Gasteiger partial charge in [0, 0.05) is 24.2 Å². The van der Waals surface area contributed by atoms with Gasteiger partial charge in [0.15, 0.2) is 5.82 Å². The van der Waals surface area contributed by atoms with E-state index in [2.05, 4.69) is 57.5 Å². The van der Waals surface area contributed by atoms with E-state index in [4.69, 9.17) is 4.42 Å². The number of rotatable bonds is 10. The first kappa shape index (κ1) is 23.7. The van der Waals surface area contributed by atoms with E-state index >= 15 is 0 Å². The van der Waals surface area contributed by atoms with Crippen LogP contribution in [0.5, 0.6) is 0 Å². The molecular weight excluding hydrogens is 452 g/mol. The zero-order valence-corrected chi connectivity index (χ0v) is 20.6. The lowest BCUT2D eigenvalue weighted by molar-refractivity contribution is 0.148. The third-order valence-corrected chi connectivity index (χ3v) is 6.53. The van der Waals surface area contributed by atoms with E-state index in [9.17, 15) is 4.79 Å². The Bertz CT molecular complexity index is 1470. The summed E-state index contributed by atoms with van der Waals surface area (Å²) in [6, 6.07) is 22.1. The lowest BCUT2D eigenvalue weighted by Crippen LogP contribution is -2.32. The quantitative estimate of drug-likeness (QED) is 0.307. The highest BCUT2D eigenvalue weighted by atomic mass is 16.3. The Morgan fingerprint density at radius 1 is 1.06 bits per heavy atom. The summed E-state index contributed by atoms with van der Waals surface area (Å²) in [5.74, 6) is 1.61. The van der Waals surface area contributed by atoms with Crippen molar-refractivity contribution < 1.29 is 4.42 Å². The fourth-order valence-corrected chi connectivity index (χ4v) is 4.68. The van der Waals surface area contributed by atoms with Crippen molar-refractivity contribution in [3.63, 3.8) is 0 Å². The monoisotopic (exact) mass is 482 g/mol. The summed E-state index contributed by atoms with van der Waals surface area (Å²) in [4.78, 5) is 18.3. The van der Waals surface area contributed by atoms with Crippen molar-refractivity contribution in [3.05, 3.63) is 112 Å². The first-order chi connectivity index (χ1) is 17.6.